The van der Waals surface area contributed by atoms with Gasteiger partial charge in [-0.15, -0.1) is 22.7 Å². The smallest absolute Gasteiger partial charge is 0.190 e. The number of rotatable bonds is 9. The largest absolute Gasteiger partial charge is 0.317 e. The van der Waals surface area contributed by atoms with Crippen LogP contribution in [-0.4, -0.2) is 9.13 Å². The van der Waals surface area contributed by atoms with Crippen molar-refractivity contribution in [3.05, 3.63) is 141 Å². The third-order valence-corrected chi connectivity index (χ3v) is 9.12. The maximum atomic E-state index is 4.96. The van der Waals surface area contributed by atoms with Gasteiger partial charge in [-0.25, -0.2) is 9.98 Å². The van der Waals surface area contributed by atoms with Gasteiger partial charge in [-0.3, -0.25) is 0 Å². The van der Waals surface area contributed by atoms with E-state index in [2.05, 4.69) is 143 Å². The van der Waals surface area contributed by atoms with Crippen LogP contribution in [-0.2, 0) is 25.9 Å². The van der Waals surface area contributed by atoms with Crippen molar-refractivity contribution in [1.82, 2.24) is 9.13 Å². The summed E-state index contributed by atoms with van der Waals surface area (Å²) in [5.41, 5.74) is 9.49. The summed E-state index contributed by atoms with van der Waals surface area (Å²) in [6.07, 6.45) is 1.98. The fraction of sp³-hybridized carbons (Fsp3) is 0.167. The zero-order chi connectivity index (χ0) is 28.7. The van der Waals surface area contributed by atoms with Gasteiger partial charge in [0.15, 0.2) is 9.60 Å². The van der Waals surface area contributed by atoms with E-state index < -0.39 is 0 Å². The van der Waals surface area contributed by atoms with Gasteiger partial charge in [0.2, 0.25) is 0 Å². The van der Waals surface area contributed by atoms with Crippen LogP contribution < -0.4 is 9.60 Å². The molecule has 2 heterocycles. The van der Waals surface area contributed by atoms with Gasteiger partial charge in [0.25, 0.3) is 0 Å². The van der Waals surface area contributed by atoms with Crippen molar-refractivity contribution in [2.45, 2.75) is 39.8 Å². The van der Waals surface area contributed by atoms with Crippen molar-refractivity contribution in [2.24, 2.45) is 9.98 Å². The lowest BCUT2D eigenvalue weighted by atomic mass is 10.0. The van der Waals surface area contributed by atoms with Gasteiger partial charge >= 0.3 is 0 Å². The highest BCUT2D eigenvalue weighted by Gasteiger charge is 2.08. The molecule has 0 fully saturated rings. The highest BCUT2D eigenvalue weighted by Crippen LogP contribution is 2.23. The number of hydrogen-bond acceptors (Lipinski definition) is 4. The summed E-state index contributed by atoms with van der Waals surface area (Å²) in [6.45, 7) is 6.12. The van der Waals surface area contributed by atoms with Crippen LogP contribution in [0.2, 0.25) is 0 Å². The monoisotopic (exact) mass is 586 g/mol. The van der Waals surface area contributed by atoms with Crippen molar-refractivity contribution in [2.75, 3.05) is 0 Å². The minimum Gasteiger partial charge on any atom is -0.317 e. The Kier molecular flexibility index (Phi) is 8.73. The van der Waals surface area contributed by atoms with Crippen molar-refractivity contribution in [3.63, 3.8) is 0 Å². The van der Waals surface area contributed by atoms with Crippen LogP contribution in [0.3, 0.4) is 0 Å². The molecular weight excluding hydrogens is 553 g/mol. The molecule has 4 nitrogen and oxygen atoms in total. The first kappa shape index (κ1) is 27.9. The number of nitrogens with zero attached hydrogens (tertiary/aromatic N) is 4. The summed E-state index contributed by atoms with van der Waals surface area (Å²) in [5.74, 6) is 0. The van der Waals surface area contributed by atoms with Crippen LogP contribution in [0.25, 0.3) is 22.5 Å². The third kappa shape index (κ3) is 6.30. The Labute approximate surface area is 255 Å². The van der Waals surface area contributed by atoms with Crippen molar-refractivity contribution in [3.8, 4) is 22.5 Å². The summed E-state index contributed by atoms with van der Waals surface area (Å²) in [7, 11) is 0. The molecule has 4 aromatic carbocycles. The van der Waals surface area contributed by atoms with E-state index in [9.17, 15) is 0 Å². The minimum atomic E-state index is 0.886. The molecule has 0 N–H and O–H groups in total. The highest BCUT2D eigenvalue weighted by atomic mass is 32.1. The molecule has 6 heteroatoms. The lowest BCUT2D eigenvalue weighted by molar-refractivity contribution is 0.745. The Hall–Kier alpha value is -4.26. The Morgan fingerprint density at radius 2 is 0.881 bits per heavy atom. The summed E-state index contributed by atoms with van der Waals surface area (Å²) in [6, 6.07) is 38.4. The second-order valence-corrected chi connectivity index (χ2v) is 11.8. The molecule has 6 aromatic rings. The van der Waals surface area contributed by atoms with E-state index in [1.165, 1.54) is 33.6 Å². The number of aryl methyl sites for hydroxylation is 2. The van der Waals surface area contributed by atoms with Crippen molar-refractivity contribution >= 4 is 34.0 Å². The average molecular weight is 587 g/mol. The van der Waals surface area contributed by atoms with Gasteiger partial charge in [0, 0.05) is 23.8 Å². The first-order valence-corrected chi connectivity index (χ1v) is 16.2. The van der Waals surface area contributed by atoms with E-state index in [0.717, 1.165) is 46.9 Å². The van der Waals surface area contributed by atoms with Crippen LogP contribution in [0.4, 0.5) is 11.4 Å². The predicted molar refractivity (Wildman–Crippen MR) is 178 cm³/mol. The Balaban J connectivity index is 1.12. The zero-order valence-corrected chi connectivity index (χ0v) is 25.6. The summed E-state index contributed by atoms with van der Waals surface area (Å²) < 4.78 is 4.57. The number of benzene rings is 4. The fourth-order valence-corrected chi connectivity index (χ4v) is 7.10. The fourth-order valence-electron chi connectivity index (χ4n) is 5.11. The average Bonchev–Trinajstić information content (AvgIpc) is 3.65. The zero-order valence-electron chi connectivity index (χ0n) is 24.0. The Morgan fingerprint density at radius 1 is 0.500 bits per heavy atom. The molecule has 0 aliphatic heterocycles. The molecule has 0 aliphatic rings. The van der Waals surface area contributed by atoms with Crippen LogP contribution in [0, 0.1) is 0 Å². The Bertz CT molecular complexity index is 1730. The van der Waals surface area contributed by atoms with Gasteiger partial charge in [-0.1, -0.05) is 84.9 Å². The second kappa shape index (κ2) is 13.1. The molecule has 0 atom stereocenters. The van der Waals surface area contributed by atoms with Crippen molar-refractivity contribution < 1.29 is 0 Å². The maximum absolute atomic E-state index is 4.96. The number of thiazole rings is 2. The molecule has 0 unspecified atom stereocenters. The molecular formula is C36H34N4S2. The van der Waals surface area contributed by atoms with Gasteiger partial charge in [0.1, 0.15) is 0 Å². The van der Waals surface area contributed by atoms with E-state index in [4.69, 9.17) is 9.98 Å². The molecule has 6 rings (SSSR count). The molecule has 0 radical (unpaired) electrons. The van der Waals surface area contributed by atoms with Gasteiger partial charge in [-0.2, -0.15) is 0 Å². The standard InChI is InChI=1S/C36H34N4S2/c1-3-39-33(29-11-7-5-8-12-29)25-41-35(39)37-31-21-17-27(18-22-31)15-16-28-19-23-32(24-20-28)38-36-40(4-2)34(26-42-36)30-13-9-6-10-14-30/h5-14,17-26H,3-4,15-16H2,1-2H3. The van der Waals surface area contributed by atoms with Gasteiger partial charge in [-0.05, 0) is 73.2 Å². The number of aromatic nitrogens is 2. The predicted octanol–water partition coefficient (Wildman–Crippen LogP) is 9.04. The molecule has 0 spiro atoms. The molecule has 0 bridgehead atoms. The molecule has 210 valence electrons. The van der Waals surface area contributed by atoms with E-state index in [1.54, 1.807) is 22.7 Å². The SMILES string of the molecule is CCn1c(-c2ccccc2)csc1=Nc1ccc(CCc2ccc(N=c3scc(-c4ccccc4)n3CC)cc2)cc1. The van der Waals surface area contributed by atoms with Gasteiger partial charge in [0.05, 0.1) is 22.8 Å². The van der Waals surface area contributed by atoms with E-state index in [1.807, 2.05) is 0 Å². The first-order valence-electron chi connectivity index (χ1n) is 14.5. The molecule has 0 saturated heterocycles. The van der Waals surface area contributed by atoms with Crippen LogP contribution in [0.1, 0.15) is 25.0 Å². The maximum Gasteiger partial charge on any atom is 0.190 e. The van der Waals surface area contributed by atoms with Gasteiger partial charge < -0.3 is 9.13 Å². The molecule has 2 aromatic heterocycles. The Morgan fingerprint density at radius 3 is 1.24 bits per heavy atom. The second-order valence-electron chi connectivity index (χ2n) is 10.1. The van der Waals surface area contributed by atoms with E-state index >= 15 is 0 Å². The minimum absolute atomic E-state index is 0.886. The van der Waals surface area contributed by atoms with Crippen LogP contribution in [0.5, 0.6) is 0 Å². The number of hydrogen-bond donors (Lipinski definition) is 0. The first-order chi connectivity index (χ1) is 20.7. The lowest BCUT2D eigenvalue weighted by Gasteiger charge is -2.06. The van der Waals surface area contributed by atoms with Crippen LogP contribution in [0.15, 0.2) is 130 Å². The normalized spacial score (nSPS) is 12.2. The van der Waals surface area contributed by atoms with Crippen LogP contribution >= 0.6 is 22.7 Å². The quantitative estimate of drug-likeness (QED) is 0.162. The molecule has 0 saturated carbocycles. The molecule has 42 heavy (non-hydrogen) atoms. The third-order valence-electron chi connectivity index (χ3n) is 7.39. The van der Waals surface area contributed by atoms with Crippen molar-refractivity contribution in [1.29, 1.82) is 0 Å². The molecule has 0 amide bonds. The topological polar surface area (TPSA) is 34.6 Å². The molecule has 0 aliphatic carbocycles. The summed E-state index contributed by atoms with van der Waals surface area (Å²) >= 11 is 3.39. The van der Waals surface area contributed by atoms with E-state index in [-0.39, 0.29) is 0 Å². The van der Waals surface area contributed by atoms with E-state index in [0.29, 0.717) is 0 Å². The highest BCUT2D eigenvalue weighted by molar-refractivity contribution is 7.07. The summed E-state index contributed by atoms with van der Waals surface area (Å²) in [4.78, 5) is 12.0. The summed E-state index contributed by atoms with van der Waals surface area (Å²) in [5, 5.41) is 4.41. The lowest BCUT2D eigenvalue weighted by Crippen LogP contribution is -2.14.